The number of sulfonamides is 1. The van der Waals surface area contributed by atoms with Gasteiger partial charge in [-0.05, 0) is 63.4 Å². The topological polar surface area (TPSA) is 75.3 Å². The smallest absolute Gasteiger partial charge is 0.251 e. The SMILES string of the molecule is CC(C)NS(=O)(=O)c1ccc(C(=O)NC(C)CCc2ccccc2)cc1. The molecule has 0 bridgehead atoms. The lowest BCUT2D eigenvalue weighted by molar-refractivity contribution is 0.0938. The van der Waals surface area contributed by atoms with Gasteiger partial charge in [-0.3, -0.25) is 4.79 Å². The summed E-state index contributed by atoms with van der Waals surface area (Å²) in [5.41, 5.74) is 1.68. The van der Waals surface area contributed by atoms with Crippen molar-refractivity contribution in [3.05, 3.63) is 65.7 Å². The summed E-state index contributed by atoms with van der Waals surface area (Å²) in [4.78, 5) is 12.5. The number of hydrogen-bond acceptors (Lipinski definition) is 3. The quantitative estimate of drug-likeness (QED) is 0.745. The average Bonchev–Trinajstić information content (AvgIpc) is 2.60. The molecule has 0 aliphatic carbocycles. The molecule has 0 aliphatic rings. The number of aryl methyl sites for hydroxylation is 1. The molecule has 140 valence electrons. The second kappa shape index (κ2) is 8.96. The summed E-state index contributed by atoms with van der Waals surface area (Å²) in [6.07, 6.45) is 1.72. The van der Waals surface area contributed by atoms with Crippen LogP contribution in [0.1, 0.15) is 43.1 Å². The van der Waals surface area contributed by atoms with Crippen LogP contribution in [-0.4, -0.2) is 26.4 Å². The lowest BCUT2D eigenvalue weighted by Crippen LogP contribution is -2.33. The summed E-state index contributed by atoms with van der Waals surface area (Å²) in [5, 5.41) is 2.95. The number of benzene rings is 2. The van der Waals surface area contributed by atoms with E-state index in [0.717, 1.165) is 12.8 Å². The van der Waals surface area contributed by atoms with Crippen LogP contribution < -0.4 is 10.0 Å². The number of carbonyl (C=O) groups excluding carboxylic acids is 1. The number of amides is 1. The zero-order valence-electron chi connectivity index (χ0n) is 15.4. The first-order chi connectivity index (χ1) is 12.3. The van der Waals surface area contributed by atoms with Gasteiger partial charge in [-0.2, -0.15) is 0 Å². The highest BCUT2D eigenvalue weighted by atomic mass is 32.2. The molecule has 0 fully saturated rings. The van der Waals surface area contributed by atoms with Gasteiger partial charge in [-0.1, -0.05) is 30.3 Å². The van der Waals surface area contributed by atoms with Crippen molar-refractivity contribution in [2.75, 3.05) is 0 Å². The van der Waals surface area contributed by atoms with Gasteiger partial charge in [0, 0.05) is 17.6 Å². The lowest BCUT2D eigenvalue weighted by atomic mass is 10.1. The van der Waals surface area contributed by atoms with Gasteiger partial charge in [0.15, 0.2) is 0 Å². The molecule has 0 saturated carbocycles. The van der Waals surface area contributed by atoms with Crippen molar-refractivity contribution in [3.8, 4) is 0 Å². The molecule has 1 unspecified atom stereocenters. The fourth-order valence-corrected chi connectivity index (χ4v) is 3.82. The van der Waals surface area contributed by atoms with E-state index in [1.54, 1.807) is 13.8 Å². The summed E-state index contributed by atoms with van der Waals surface area (Å²) in [6.45, 7) is 5.48. The van der Waals surface area contributed by atoms with Crippen LogP contribution in [0.5, 0.6) is 0 Å². The number of carbonyl (C=O) groups is 1. The van der Waals surface area contributed by atoms with Crippen molar-refractivity contribution in [1.82, 2.24) is 10.0 Å². The fraction of sp³-hybridized carbons (Fsp3) is 0.350. The van der Waals surface area contributed by atoms with Gasteiger partial charge in [0.25, 0.3) is 5.91 Å². The maximum Gasteiger partial charge on any atom is 0.251 e. The number of rotatable bonds is 8. The van der Waals surface area contributed by atoms with E-state index >= 15 is 0 Å². The van der Waals surface area contributed by atoms with Crippen LogP contribution in [0.3, 0.4) is 0 Å². The van der Waals surface area contributed by atoms with Crippen molar-refractivity contribution >= 4 is 15.9 Å². The standard InChI is InChI=1S/C20H26N2O3S/c1-15(2)22-26(24,25)19-13-11-18(12-14-19)20(23)21-16(3)9-10-17-7-5-4-6-8-17/h4-8,11-16,22H,9-10H2,1-3H3,(H,21,23). The third kappa shape index (κ3) is 5.97. The molecule has 26 heavy (non-hydrogen) atoms. The summed E-state index contributed by atoms with van der Waals surface area (Å²) in [5.74, 6) is -0.202. The minimum absolute atomic E-state index is 0.0220. The van der Waals surface area contributed by atoms with Crippen LogP contribution in [0.15, 0.2) is 59.5 Å². The zero-order chi connectivity index (χ0) is 19.2. The van der Waals surface area contributed by atoms with Gasteiger partial charge < -0.3 is 5.32 Å². The normalized spacial score (nSPS) is 12.8. The third-order valence-electron chi connectivity index (χ3n) is 3.90. The number of hydrogen-bond donors (Lipinski definition) is 2. The highest BCUT2D eigenvalue weighted by Gasteiger charge is 2.16. The monoisotopic (exact) mass is 374 g/mol. The van der Waals surface area contributed by atoms with Crippen LogP contribution in [-0.2, 0) is 16.4 Å². The molecule has 2 N–H and O–H groups in total. The largest absolute Gasteiger partial charge is 0.350 e. The molecule has 0 spiro atoms. The minimum Gasteiger partial charge on any atom is -0.350 e. The third-order valence-corrected chi connectivity index (χ3v) is 5.58. The lowest BCUT2D eigenvalue weighted by Gasteiger charge is -2.14. The van der Waals surface area contributed by atoms with Crippen molar-refractivity contribution in [3.63, 3.8) is 0 Å². The summed E-state index contributed by atoms with van der Waals surface area (Å²) >= 11 is 0. The maximum atomic E-state index is 12.3. The Morgan fingerprint density at radius 1 is 0.962 bits per heavy atom. The van der Waals surface area contributed by atoms with Gasteiger partial charge in [0.1, 0.15) is 0 Å². The first-order valence-corrected chi connectivity index (χ1v) is 10.2. The predicted molar refractivity (Wildman–Crippen MR) is 104 cm³/mol. The second-order valence-corrected chi connectivity index (χ2v) is 8.41. The molecule has 2 rings (SSSR count). The average molecular weight is 375 g/mol. The van der Waals surface area contributed by atoms with Crippen molar-refractivity contribution in [2.45, 2.75) is 50.6 Å². The predicted octanol–water partition coefficient (Wildman–Crippen LogP) is 3.12. The molecular formula is C20H26N2O3S. The highest BCUT2D eigenvalue weighted by molar-refractivity contribution is 7.89. The zero-order valence-corrected chi connectivity index (χ0v) is 16.2. The summed E-state index contributed by atoms with van der Waals surface area (Å²) in [7, 11) is -3.55. The first-order valence-electron chi connectivity index (χ1n) is 8.75. The van der Waals surface area contributed by atoms with Gasteiger partial charge in [0.2, 0.25) is 10.0 Å². The fourth-order valence-electron chi connectivity index (χ4n) is 2.57. The molecule has 6 heteroatoms. The van der Waals surface area contributed by atoms with Crippen molar-refractivity contribution < 1.29 is 13.2 Å². The van der Waals surface area contributed by atoms with Gasteiger partial charge >= 0.3 is 0 Å². The van der Waals surface area contributed by atoms with E-state index in [1.165, 1.54) is 29.8 Å². The Balaban J connectivity index is 1.93. The van der Waals surface area contributed by atoms with Crippen LogP contribution in [0.4, 0.5) is 0 Å². The van der Waals surface area contributed by atoms with Crippen LogP contribution in [0.25, 0.3) is 0 Å². The Labute approximate surface area is 155 Å². The number of nitrogens with one attached hydrogen (secondary N) is 2. The summed E-state index contributed by atoms with van der Waals surface area (Å²) in [6, 6.07) is 15.9. The molecule has 2 aromatic carbocycles. The van der Waals surface area contributed by atoms with E-state index in [0.29, 0.717) is 5.56 Å². The van der Waals surface area contributed by atoms with E-state index < -0.39 is 10.0 Å². The highest BCUT2D eigenvalue weighted by Crippen LogP contribution is 2.12. The Morgan fingerprint density at radius 2 is 1.58 bits per heavy atom. The van der Waals surface area contributed by atoms with Gasteiger partial charge in [-0.15, -0.1) is 0 Å². The van der Waals surface area contributed by atoms with Crippen LogP contribution >= 0.6 is 0 Å². The molecule has 0 aliphatic heterocycles. The van der Waals surface area contributed by atoms with Crippen molar-refractivity contribution in [1.29, 1.82) is 0 Å². The molecule has 0 radical (unpaired) electrons. The molecule has 5 nitrogen and oxygen atoms in total. The summed E-state index contributed by atoms with van der Waals surface area (Å²) < 4.78 is 26.7. The molecule has 0 saturated heterocycles. The van der Waals surface area contributed by atoms with Crippen molar-refractivity contribution in [2.24, 2.45) is 0 Å². The maximum absolute atomic E-state index is 12.3. The van der Waals surface area contributed by atoms with E-state index in [1.807, 2.05) is 25.1 Å². The van der Waals surface area contributed by atoms with E-state index in [4.69, 9.17) is 0 Å². The van der Waals surface area contributed by atoms with Gasteiger partial charge in [0.05, 0.1) is 4.90 Å². The molecule has 1 atom stereocenters. The van der Waals surface area contributed by atoms with E-state index in [-0.39, 0.29) is 22.9 Å². The molecule has 0 aromatic heterocycles. The van der Waals surface area contributed by atoms with Crippen LogP contribution in [0, 0.1) is 0 Å². The Bertz CT molecular complexity index is 816. The first kappa shape index (κ1) is 20.1. The van der Waals surface area contributed by atoms with E-state index in [2.05, 4.69) is 22.2 Å². The van der Waals surface area contributed by atoms with Crippen LogP contribution in [0.2, 0.25) is 0 Å². The minimum atomic E-state index is -3.55. The molecule has 0 heterocycles. The Kier molecular flexibility index (Phi) is 6.94. The molecule has 1 amide bonds. The Morgan fingerprint density at radius 3 is 2.15 bits per heavy atom. The van der Waals surface area contributed by atoms with E-state index in [9.17, 15) is 13.2 Å². The molecular weight excluding hydrogens is 348 g/mol. The Hall–Kier alpha value is -2.18. The second-order valence-electron chi connectivity index (χ2n) is 6.70. The van der Waals surface area contributed by atoms with Gasteiger partial charge in [-0.25, -0.2) is 13.1 Å². The molecule has 2 aromatic rings.